The first-order valence-corrected chi connectivity index (χ1v) is 6.95. The number of sulfone groups is 1. The van der Waals surface area contributed by atoms with Crippen LogP contribution in [0.3, 0.4) is 0 Å². The average molecular weight is 220 g/mol. The SMILES string of the molecule is CC(C)(C)OCC1CCS(=O)(=O)CC1. The van der Waals surface area contributed by atoms with Crippen molar-refractivity contribution in [2.45, 2.75) is 39.2 Å². The van der Waals surface area contributed by atoms with Gasteiger partial charge < -0.3 is 4.74 Å². The monoisotopic (exact) mass is 220 g/mol. The topological polar surface area (TPSA) is 43.4 Å². The first-order chi connectivity index (χ1) is 6.29. The van der Waals surface area contributed by atoms with Crippen LogP contribution in [0.5, 0.6) is 0 Å². The Hall–Kier alpha value is -0.0900. The minimum absolute atomic E-state index is 0.115. The summed E-state index contributed by atoms with van der Waals surface area (Å²) in [5.74, 6) is 1.11. The summed E-state index contributed by atoms with van der Waals surface area (Å²) in [6.07, 6.45) is 1.52. The summed E-state index contributed by atoms with van der Waals surface area (Å²) >= 11 is 0. The van der Waals surface area contributed by atoms with Crippen LogP contribution in [0.2, 0.25) is 0 Å². The highest BCUT2D eigenvalue weighted by atomic mass is 32.2. The Morgan fingerprint density at radius 2 is 1.71 bits per heavy atom. The molecule has 14 heavy (non-hydrogen) atoms. The van der Waals surface area contributed by atoms with Crippen LogP contribution in [0.1, 0.15) is 33.6 Å². The maximum Gasteiger partial charge on any atom is 0.150 e. The van der Waals surface area contributed by atoms with Gasteiger partial charge in [0.05, 0.1) is 23.7 Å². The van der Waals surface area contributed by atoms with Gasteiger partial charge in [0.25, 0.3) is 0 Å². The smallest absolute Gasteiger partial charge is 0.150 e. The molecule has 1 rings (SSSR count). The van der Waals surface area contributed by atoms with Crippen molar-refractivity contribution >= 4 is 9.84 Å². The molecule has 1 fully saturated rings. The van der Waals surface area contributed by atoms with E-state index in [9.17, 15) is 8.42 Å². The summed E-state index contributed by atoms with van der Waals surface area (Å²) < 4.78 is 28.0. The van der Waals surface area contributed by atoms with Gasteiger partial charge in [-0.1, -0.05) is 0 Å². The predicted octanol–water partition coefficient (Wildman–Crippen LogP) is 1.63. The van der Waals surface area contributed by atoms with Gasteiger partial charge in [0.15, 0.2) is 0 Å². The molecule has 0 aromatic rings. The number of hydrogen-bond acceptors (Lipinski definition) is 3. The Balaban J connectivity index is 2.30. The van der Waals surface area contributed by atoms with Crippen LogP contribution in [0.15, 0.2) is 0 Å². The lowest BCUT2D eigenvalue weighted by molar-refractivity contribution is -0.0235. The molecular weight excluding hydrogens is 200 g/mol. The fourth-order valence-electron chi connectivity index (χ4n) is 1.47. The second kappa shape index (κ2) is 4.19. The molecule has 1 aliphatic rings. The lowest BCUT2D eigenvalue weighted by Gasteiger charge is -2.26. The Morgan fingerprint density at radius 3 is 2.14 bits per heavy atom. The van der Waals surface area contributed by atoms with Crippen molar-refractivity contribution in [1.82, 2.24) is 0 Å². The highest BCUT2D eigenvalue weighted by molar-refractivity contribution is 7.91. The van der Waals surface area contributed by atoms with Crippen LogP contribution in [0, 0.1) is 5.92 Å². The van der Waals surface area contributed by atoms with E-state index in [0.29, 0.717) is 24.0 Å². The fraction of sp³-hybridized carbons (Fsp3) is 1.00. The van der Waals surface area contributed by atoms with Gasteiger partial charge in [0.2, 0.25) is 0 Å². The molecule has 1 aliphatic heterocycles. The molecule has 0 N–H and O–H groups in total. The second-order valence-electron chi connectivity index (χ2n) is 5.02. The van der Waals surface area contributed by atoms with Gasteiger partial charge >= 0.3 is 0 Å². The lowest BCUT2D eigenvalue weighted by Crippen LogP contribution is -2.29. The van der Waals surface area contributed by atoms with Gasteiger partial charge in [0, 0.05) is 0 Å². The van der Waals surface area contributed by atoms with E-state index < -0.39 is 9.84 Å². The van der Waals surface area contributed by atoms with Crippen molar-refractivity contribution in [3.63, 3.8) is 0 Å². The molecule has 84 valence electrons. The van der Waals surface area contributed by atoms with Crippen LogP contribution in [0.25, 0.3) is 0 Å². The van der Waals surface area contributed by atoms with Crippen molar-refractivity contribution in [3.8, 4) is 0 Å². The molecule has 0 saturated carbocycles. The van der Waals surface area contributed by atoms with Gasteiger partial charge in [-0.3, -0.25) is 0 Å². The summed E-state index contributed by atoms with van der Waals surface area (Å²) in [4.78, 5) is 0. The summed E-state index contributed by atoms with van der Waals surface area (Å²) in [6, 6.07) is 0. The van der Waals surface area contributed by atoms with Gasteiger partial charge in [-0.15, -0.1) is 0 Å². The van der Waals surface area contributed by atoms with E-state index in [4.69, 9.17) is 4.74 Å². The van der Waals surface area contributed by atoms with Crippen molar-refractivity contribution < 1.29 is 13.2 Å². The predicted molar refractivity (Wildman–Crippen MR) is 57.1 cm³/mol. The molecule has 4 heteroatoms. The quantitative estimate of drug-likeness (QED) is 0.710. The van der Waals surface area contributed by atoms with Crippen LogP contribution in [0.4, 0.5) is 0 Å². The molecule has 0 aromatic heterocycles. The summed E-state index contributed by atoms with van der Waals surface area (Å²) in [7, 11) is -2.73. The van der Waals surface area contributed by atoms with Gasteiger partial charge in [0.1, 0.15) is 9.84 Å². The normalized spacial score (nSPS) is 23.6. The molecule has 0 unspecified atom stereocenters. The standard InChI is InChI=1S/C10H20O3S/c1-10(2,3)13-8-9-4-6-14(11,12)7-5-9/h9H,4-8H2,1-3H3. The molecule has 0 bridgehead atoms. The maximum atomic E-state index is 11.2. The van der Waals surface area contributed by atoms with E-state index in [-0.39, 0.29) is 5.60 Å². The molecule has 0 aliphatic carbocycles. The third-order valence-electron chi connectivity index (χ3n) is 2.43. The van der Waals surface area contributed by atoms with Crippen molar-refractivity contribution in [2.24, 2.45) is 5.92 Å². The minimum Gasteiger partial charge on any atom is -0.376 e. The van der Waals surface area contributed by atoms with Crippen LogP contribution < -0.4 is 0 Å². The fourth-order valence-corrected chi connectivity index (χ4v) is 3.06. The zero-order valence-electron chi connectivity index (χ0n) is 9.25. The van der Waals surface area contributed by atoms with E-state index in [1.54, 1.807) is 0 Å². The molecule has 0 radical (unpaired) electrons. The Labute approximate surface area is 86.8 Å². The summed E-state index contributed by atoms with van der Waals surface area (Å²) in [6.45, 7) is 6.75. The van der Waals surface area contributed by atoms with Crippen molar-refractivity contribution in [3.05, 3.63) is 0 Å². The number of ether oxygens (including phenoxy) is 1. The summed E-state index contributed by atoms with van der Waals surface area (Å²) in [5.41, 5.74) is -0.115. The van der Waals surface area contributed by atoms with Gasteiger partial charge in [-0.2, -0.15) is 0 Å². The van der Waals surface area contributed by atoms with Gasteiger partial charge in [-0.25, -0.2) is 8.42 Å². The number of hydrogen-bond donors (Lipinski definition) is 0. The molecule has 0 atom stereocenters. The Bertz CT molecular complexity index is 260. The van der Waals surface area contributed by atoms with Crippen LogP contribution in [-0.4, -0.2) is 32.1 Å². The van der Waals surface area contributed by atoms with Crippen LogP contribution >= 0.6 is 0 Å². The zero-order chi connectivity index (χ0) is 10.8. The highest BCUT2D eigenvalue weighted by Crippen LogP contribution is 2.21. The first-order valence-electron chi connectivity index (χ1n) is 5.13. The molecule has 0 aromatic carbocycles. The molecular formula is C10H20O3S. The van der Waals surface area contributed by atoms with E-state index in [1.165, 1.54) is 0 Å². The first kappa shape index (κ1) is 12.0. The Kier molecular flexibility index (Phi) is 3.58. The minimum atomic E-state index is -2.73. The van der Waals surface area contributed by atoms with E-state index >= 15 is 0 Å². The zero-order valence-corrected chi connectivity index (χ0v) is 10.1. The Morgan fingerprint density at radius 1 is 1.21 bits per heavy atom. The van der Waals surface area contributed by atoms with E-state index in [2.05, 4.69) is 0 Å². The third kappa shape index (κ3) is 4.42. The molecule has 0 spiro atoms. The van der Waals surface area contributed by atoms with E-state index in [1.807, 2.05) is 20.8 Å². The maximum absolute atomic E-state index is 11.2. The molecule has 0 amide bonds. The lowest BCUT2D eigenvalue weighted by atomic mass is 10.0. The van der Waals surface area contributed by atoms with Gasteiger partial charge in [-0.05, 0) is 39.5 Å². The molecule has 1 saturated heterocycles. The third-order valence-corrected chi connectivity index (χ3v) is 4.14. The number of rotatable bonds is 2. The highest BCUT2D eigenvalue weighted by Gasteiger charge is 2.24. The van der Waals surface area contributed by atoms with Crippen molar-refractivity contribution in [2.75, 3.05) is 18.1 Å². The van der Waals surface area contributed by atoms with E-state index in [0.717, 1.165) is 12.8 Å². The van der Waals surface area contributed by atoms with Crippen LogP contribution in [-0.2, 0) is 14.6 Å². The second-order valence-corrected chi connectivity index (χ2v) is 7.32. The largest absolute Gasteiger partial charge is 0.376 e. The van der Waals surface area contributed by atoms with Crippen molar-refractivity contribution in [1.29, 1.82) is 0 Å². The molecule has 1 heterocycles. The molecule has 3 nitrogen and oxygen atoms in total. The average Bonchev–Trinajstić information content (AvgIpc) is 2.01. The summed E-state index contributed by atoms with van der Waals surface area (Å²) in [5, 5.41) is 0.